The predicted molar refractivity (Wildman–Crippen MR) is 99.9 cm³/mol. The van der Waals surface area contributed by atoms with Gasteiger partial charge >= 0.3 is 0 Å². The van der Waals surface area contributed by atoms with Gasteiger partial charge in [-0.25, -0.2) is 9.07 Å². The van der Waals surface area contributed by atoms with E-state index in [2.05, 4.69) is 15.6 Å². The summed E-state index contributed by atoms with van der Waals surface area (Å²) >= 11 is 0. The van der Waals surface area contributed by atoms with Crippen LogP contribution in [0.15, 0.2) is 61.1 Å². The average molecular weight is 365 g/mol. The van der Waals surface area contributed by atoms with E-state index in [1.165, 1.54) is 0 Å². The first kappa shape index (κ1) is 17.4. The molecule has 0 radical (unpaired) electrons. The molecule has 1 aromatic carbocycles. The van der Waals surface area contributed by atoms with Crippen molar-refractivity contribution in [3.05, 3.63) is 66.6 Å². The highest BCUT2D eigenvalue weighted by Crippen LogP contribution is 2.23. The fraction of sp³-hybridized carbons (Fsp3) is 0.250. The Morgan fingerprint density at radius 2 is 2.00 bits per heavy atom. The van der Waals surface area contributed by atoms with Gasteiger partial charge in [0, 0.05) is 49.2 Å². The minimum absolute atomic E-state index is 0.191. The smallest absolute Gasteiger partial charge is 0.237 e. The summed E-state index contributed by atoms with van der Waals surface area (Å²) in [6.45, 7) is 0.546. The highest BCUT2D eigenvalue weighted by molar-refractivity contribution is 5.82. The van der Waals surface area contributed by atoms with Crippen LogP contribution in [0.4, 0.5) is 4.39 Å². The van der Waals surface area contributed by atoms with Gasteiger partial charge in [-0.15, -0.1) is 0 Å². The van der Waals surface area contributed by atoms with Gasteiger partial charge in [-0.3, -0.25) is 9.78 Å². The van der Waals surface area contributed by atoms with Crippen LogP contribution in [-0.2, 0) is 11.3 Å². The highest BCUT2D eigenvalue weighted by atomic mass is 19.1. The van der Waals surface area contributed by atoms with Crippen LogP contribution < -0.4 is 10.6 Å². The van der Waals surface area contributed by atoms with Gasteiger partial charge in [-0.05, 0) is 24.3 Å². The molecular formula is C20H20FN5O. The monoisotopic (exact) mass is 365 g/mol. The van der Waals surface area contributed by atoms with E-state index in [1.807, 2.05) is 48.7 Å². The zero-order valence-electron chi connectivity index (χ0n) is 14.7. The number of alkyl halides is 1. The molecule has 3 heterocycles. The standard InChI is InChI=1S/C20H20FN5O/c21-16-10-18(23-12-16)20(27)24-11-15-13-26(17-4-2-1-3-5-17)25-19(15)14-6-8-22-9-7-14/h1-9,13,16,18,23H,10-12H2,(H,24,27)/t16-,18+/m0/s1. The molecule has 6 nitrogen and oxygen atoms in total. The second-order valence-corrected chi connectivity index (χ2v) is 6.53. The molecule has 4 rings (SSSR count). The number of amides is 1. The van der Waals surface area contributed by atoms with Crippen molar-refractivity contribution in [3.63, 3.8) is 0 Å². The lowest BCUT2D eigenvalue weighted by atomic mass is 10.1. The zero-order valence-corrected chi connectivity index (χ0v) is 14.7. The van der Waals surface area contributed by atoms with Crippen molar-refractivity contribution in [2.45, 2.75) is 25.2 Å². The lowest BCUT2D eigenvalue weighted by molar-refractivity contribution is -0.123. The second kappa shape index (κ2) is 7.67. The number of aromatic nitrogens is 3. The van der Waals surface area contributed by atoms with E-state index in [-0.39, 0.29) is 18.9 Å². The van der Waals surface area contributed by atoms with Gasteiger partial charge in [0.05, 0.1) is 17.4 Å². The van der Waals surface area contributed by atoms with E-state index in [0.29, 0.717) is 6.54 Å². The molecule has 7 heteroatoms. The van der Waals surface area contributed by atoms with Crippen LogP contribution in [0, 0.1) is 0 Å². The van der Waals surface area contributed by atoms with Crippen LogP contribution in [-0.4, -0.2) is 39.4 Å². The van der Waals surface area contributed by atoms with Crippen molar-refractivity contribution < 1.29 is 9.18 Å². The molecule has 2 atom stereocenters. The molecule has 3 aromatic rings. The summed E-state index contributed by atoms with van der Waals surface area (Å²) in [6, 6.07) is 13.1. The number of hydrogen-bond donors (Lipinski definition) is 2. The van der Waals surface area contributed by atoms with E-state index < -0.39 is 12.2 Å². The Labute approximate surface area is 156 Å². The molecule has 1 saturated heterocycles. The van der Waals surface area contributed by atoms with Gasteiger partial charge in [0.25, 0.3) is 0 Å². The Hall–Kier alpha value is -3.06. The number of para-hydroxylation sites is 1. The van der Waals surface area contributed by atoms with Gasteiger partial charge in [-0.1, -0.05) is 18.2 Å². The van der Waals surface area contributed by atoms with E-state index in [4.69, 9.17) is 5.10 Å². The van der Waals surface area contributed by atoms with Crippen molar-refractivity contribution in [2.75, 3.05) is 6.54 Å². The zero-order chi connectivity index (χ0) is 18.6. The summed E-state index contributed by atoms with van der Waals surface area (Å²) in [5, 5.41) is 10.5. The topological polar surface area (TPSA) is 71.8 Å². The molecule has 1 aliphatic heterocycles. The molecule has 1 aliphatic rings. The predicted octanol–water partition coefficient (Wildman–Crippen LogP) is 2.25. The summed E-state index contributed by atoms with van der Waals surface area (Å²) < 4.78 is 15.1. The molecule has 27 heavy (non-hydrogen) atoms. The molecular weight excluding hydrogens is 345 g/mol. The third-order valence-corrected chi connectivity index (χ3v) is 4.61. The first-order chi connectivity index (χ1) is 13.2. The van der Waals surface area contributed by atoms with Crippen LogP contribution in [0.5, 0.6) is 0 Å². The van der Waals surface area contributed by atoms with Crippen molar-refractivity contribution in [1.82, 2.24) is 25.4 Å². The number of hydrogen-bond acceptors (Lipinski definition) is 4. The first-order valence-electron chi connectivity index (χ1n) is 8.90. The summed E-state index contributed by atoms with van der Waals surface area (Å²) in [5.41, 5.74) is 3.52. The van der Waals surface area contributed by atoms with Crippen LogP contribution in [0.25, 0.3) is 16.9 Å². The Bertz CT molecular complexity index is 913. The summed E-state index contributed by atoms with van der Waals surface area (Å²) in [4.78, 5) is 16.4. The molecule has 2 N–H and O–H groups in total. The number of rotatable bonds is 5. The Morgan fingerprint density at radius 1 is 1.22 bits per heavy atom. The van der Waals surface area contributed by atoms with Gasteiger partial charge in [0.1, 0.15) is 6.17 Å². The fourth-order valence-electron chi connectivity index (χ4n) is 3.20. The molecule has 138 valence electrons. The summed E-state index contributed by atoms with van der Waals surface area (Å²) in [7, 11) is 0. The third-order valence-electron chi connectivity index (χ3n) is 4.61. The van der Waals surface area contributed by atoms with Crippen molar-refractivity contribution in [2.24, 2.45) is 0 Å². The maximum absolute atomic E-state index is 13.3. The number of carbonyl (C=O) groups is 1. The van der Waals surface area contributed by atoms with Gasteiger partial charge in [0.2, 0.25) is 5.91 Å². The minimum atomic E-state index is -0.964. The lowest BCUT2D eigenvalue weighted by Crippen LogP contribution is -2.40. The van der Waals surface area contributed by atoms with E-state index in [9.17, 15) is 9.18 Å². The maximum atomic E-state index is 13.3. The third kappa shape index (κ3) is 3.88. The number of pyridine rings is 1. The molecule has 0 spiro atoms. The minimum Gasteiger partial charge on any atom is -0.351 e. The molecule has 0 saturated carbocycles. The van der Waals surface area contributed by atoms with Crippen LogP contribution in [0.1, 0.15) is 12.0 Å². The number of halogens is 1. The average Bonchev–Trinajstić information content (AvgIpc) is 3.34. The quantitative estimate of drug-likeness (QED) is 0.728. The van der Waals surface area contributed by atoms with Gasteiger partial charge in [-0.2, -0.15) is 5.10 Å². The summed E-state index contributed by atoms with van der Waals surface area (Å²) in [6.07, 6.45) is 4.58. The van der Waals surface area contributed by atoms with Crippen LogP contribution >= 0.6 is 0 Å². The van der Waals surface area contributed by atoms with Crippen molar-refractivity contribution >= 4 is 5.91 Å². The van der Waals surface area contributed by atoms with E-state index in [0.717, 1.165) is 22.5 Å². The molecule has 1 amide bonds. The second-order valence-electron chi connectivity index (χ2n) is 6.53. The molecule has 0 aliphatic carbocycles. The fourth-order valence-corrected chi connectivity index (χ4v) is 3.20. The molecule has 0 bridgehead atoms. The SMILES string of the molecule is O=C(NCc1cn(-c2ccccc2)nc1-c1ccncc1)[C@H]1C[C@H](F)CN1. The Morgan fingerprint density at radius 3 is 2.70 bits per heavy atom. The molecule has 0 unspecified atom stereocenters. The lowest BCUT2D eigenvalue weighted by Gasteiger charge is -2.10. The Kier molecular flexibility index (Phi) is 4.93. The van der Waals surface area contributed by atoms with Gasteiger partial charge in [0.15, 0.2) is 0 Å². The summed E-state index contributed by atoms with van der Waals surface area (Å²) in [5.74, 6) is -0.191. The normalized spacial score (nSPS) is 19.1. The van der Waals surface area contributed by atoms with Crippen LogP contribution in [0.3, 0.4) is 0 Å². The Balaban J connectivity index is 1.58. The number of nitrogens with zero attached hydrogens (tertiary/aromatic N) is 3. The van der Waals surface area contributed by atoms with Crippen molar-refractivity contribution in [3.8, 4) is 16.9 Å². The van der Waals surface area contributed by atoms with E-state index >= 15 is 0 Å². The number of nitrogens with one attached hydrogen (secondary N) is 2. The number of carbonyl (C=O) groups excluding carboxylic acids is 1. The van der Waals surface area contributed by atoms with Crippen LogP contribution in [0.2, 0.25) is 0 Å². The van der Waals surface area contributed by atoms with Gasteiger partial charge < -0.3 is 10.6 Å². The largest absolute Gasteiger partial charge is 0.351 e. The maximum Gasteiger partial charge on any atom is 0.237 e. The van der Waals surface area contributed by atoms with Crippen molar-refractivity contribution in [1.29, 1.82) is 0 Å². The highest BCUT2D eigenvalue weighted by Gasteiger charge is 2.29. The molecule has 2 aromatic heterocycles. The molecule has 1 fully saturated rings. The first-order valence-corrected chi connectivity index (χ1v) is 8.90. The van der Waals surface area contributed by atoms with E-state index in [1.54, 1.807) is 17.1 Å². The number of benzene rings is 1.